The molecule has 0 saturated heterocycles. The first-order chi connectivity index (χ1) is 9.14. The molecule has 0 aromatic carbocycles. The second-order valence-corrected chi connectivity index (χ2v) is 5.41. The fraction of sp³-hybridized carbons (Fsp3) is 0.643. The van der Waals surface area contributed by atoms with E-state index in [9.17, 15) is 14.7 Å². The molecule has 0 saturated carbocycles. The molecule has 2 N–H and O–H groups in total. The van der Waals surface area contributed by atoms with Gasteiger partial charge in [0.05, 0.1) is 11.6 Å². The summed E-state index contributed by atoms with van der Waals surface area (Å²) in [7, 11) is 1.82. The largest absolute Gasteiger partial charge is 0.480 e. The lowest BCUT2D eigenvalue weighted by Crippen LogP contribution is -2.52. The van der Waals surface area contributed by atoms with E-state index in [1.807, 2.05) is 20.9 Å². The van der Waals surface area contributed by atoms with Crippen LogP contribution >= 0.6 is 0 Å². The van der Waals surface area contributed by atoms with Gasteiger partial charge >= 0.3 is 5.97 Å². The van der Waals surface area contributed by atoms with E-state index in [-0.39, 0.29) is 5.91 Å². The standard InChI is InChI=1S/C14H23N3O3/c1-7-14(5,13(19)20)15-12(18)8(2)11-9(3)16-17(6)10(11)4/h8H,7H2,1-6H3,(H,15,18)(H,19,20). The maximum absolute atomic E-state index is 12.3. The number of hydrogen-bond acceptors (Lipinski definition) is 3. The van der Waals surface area contributed by atoms with Crippen molar-refractivity contribution >= 4 is 11.9 Å². The summed E-state index contributed by atoms with van der Waals surface area (Å²) in [6.07, 6.45) is 0.325. The topological polar surface area (TPSA) is 84.2 Å². The highest BCUT2D eigenvalue weighted by Crippen LogP contribution is 2.24. The Balaban J connectivity index is 3.01. The molecule has 0 aliphatic rings. The smallest absolute Gasteiger partial charge is 0.329 e. The molecule has 20 heavy (non-hydrogen) atoms. The molecule has 1 aromatic heterocycles. The molecule has 1 amide bonds. The lowest BCUT2D eigenvalue weighted by Gasteiger charge is -2.26. The number of amides is 1. The van der Waals surface area contributed by atoms with Crippen LogP contribution in [-0.2, 0) is 16.6 Å². The Labute approximate surface area is 119 Å². The fourth-order valence-corrected chi connectivity index (χ4v) is 2.22. The molecule has 1 rings (SSSR count). The van der Waals surface area contributed by atoms with Gasteiger partial charge in [0.25, 0.3) is 0 Å². The molecular formula is C14H23N3O3. The number of carbonyl (C=O) groups excluding carboxylic acids is 1. The Hall–Kier alpha value is -1.85. The molecule has 2 unspecified atom stereocenters. The number of aliphatic carboxylic acids is 1. The van der Waals surface area contributed by atoms with Gasteiger partial charge in [-0.2, -0.15) is 5.10 Å². The van der Waals surface area contributed by atoms with Crippen LogP contribution in [0.5, 0.6) is 0 Å². The van der Waals surface area contributed by atoms with Crippen molar-refractivity contribution in [1.82, 2.24) is 15.1 Å². The number of nitrogens with one attached hydrogen (secondary N) is 1. The van der Waals surface area contributed by atoms with E-state index in [1.54, 1.807) is 18.5 Å². The van der Waals surface area contributed by atoms with Crippen molar-refractivity contribution in [3.63, 3.8) is 0 Å². The van der Waals surface area contributed by atoms with Crippen LogP contribution in [-0.4, -0.2) is 32.3 Å². The van der Waals surface area contributed by atoms with Crippen LogP contribution in [0.2, 0.25) is 0 Å². The van der Waals surface area contributed by atoms with Gasteiger partial charge in [0, 0.05) is 18.3 Å². The van der Waals surface area contributed by atoms with Crippen LogP contribution in [0.4, 0.5) is 0 Å². The van der Waals surface area contributed by atoms with Gasteiger partial charge in [-0.05, 0) is 34.1 Å². The highest BCUT2D eigenvalue weighted by Gasteiger charge is 2.35. The molecule has 1 aromatic rings. The van der Waals surface area contributed by atoms with Gasteiger partial charge in [-0.1, -0.05) is 6.92 Å². The number of aromatic nitrogens is 2. The molecule has 0 aliphatic heterocycles. The molecule has 112 valence electrons. The van der Waals surface area contributed by atoms with E-state index in [0.717, 1.165) is 17.0 Å². The molecule has 2 atom stereocenters. The summed E-state index contributed by atoms with van der Waals surface area (Å²) in [5.41, 5.74) is 1.32. The first-order valence-corrected chi connectivity index (χ1v) is 6.69. The van der Waals surface area contributed by atoms with E-state index in [4.69, 9.17) is 0 Å². The van der Waals surface area contributed by atoms with Crippen molar-refractivity contribution in [2.75, 3.05) is 0 Å². The molecule has 0 spiro atoms. The lowest BCUT2D eigenvalue weighted by atomic mass is 9.94. The molecule has 0 fully saturated rings. The summed E-state index contributed by atoms with van der Waals surface area (Å²) in [6, 6.07) is 0. The van der Waals surface area contributed by atoms with Crippen molar-refractivity contribution < 1.29 is 14.7 Å². The monoisotopic (exact) mass is 281 g/mol. The van der Waals surface area contributed by atoms with Crippen molar-refractivity contribution in [3.8, 4) is 0 Å². The molecule has 6 nitrogen and oxygen atoms in total. The number of aryl methyl sites for hydroxylation is 2. The van der Waals surface area contributed by atoms with Crippen LogP contribution in [0.25, 0.3) is 0 Å². The SMILES string of the molecule is CCC(C)(NC(=O)C(C)c1c(C)nn(C)c1C)C(=O)O. The number of nitrogens with zero attached hydrogens (tertiary/aromatic N) is 2. The van der Waals surface area contributed by atoms with Gasteiger partial charge in [-0.3, -0.25) is 9.48 Å². The van der Waals surface area contributed by atoms with Crippen molar-refractivity contribution in [2.24, 2.45) is 7.05 Å². The van der Waals surface area contributed by atoms with Gasteiger partial charge in [0.1, 0.15) is 5.54 Å². The highest BCUT2D eigenvalue weighted by molar-refractivity contribution is 5.90. The minimum atomic E-state index is -1.24. The lowest BCUT2D eigenvalue weighted by molar-refractivity contribution is -0.147. The van der Waals surface area contributed by atoms with Crippen LogP contribution in [0, 0.1) is 13.8 Å². The number of carboxylic acids is 1. The highest BCUT2D eigenvalue weighted by atomic mass is 16.4. The zero-order valence-corrected chi connectivity index (χ0v) is 12.9. The Morgan fingerprint density at radius 2 is 2.00 bits per heavy atom. The molecule has 1 heterocycles. The van der Waals surface area contributed by atoms with E-state index in [0.29, 0.717) is 6.42 Å². The van der Waals surface area contributed by atoms with E-state index in [1.165, 1.54) is 6.92 Å². The molecule has 0 aliphatic carbocycles. The molecule has 0 bridgehead atoms. The maximum atomic E-state index is 12.3. The predicted molar refractivity (Wildman–Crippen MR) is 75.6 cm³/mol. The van der Waals surface area contributed by atoms with Gasteiger partial charge in [-0.25, -0.2) is 4.79 Å². The minimum Gasteiger partial charge on any atom is -0.480 e. The maximum Gasteiger partial charge on any atom is 0.329 e. The quantitative estimate of drug-likeness (QED) is 0.857. The Morgan fingerprint density at radius 3 is 2.35 bits per heavy atom. The Bertz CT molecular complexity index is 536. The van der Waals surface area contributed by atoms with Crippen molar-refractivity contribution in [3.05, 3.63) is 17.0 Å². The van der Waals surface area contributed by atoms with Crippen LogP contribution < -0.4 is 5.32 Å². The summed E-state index contributed by atoms with van der Waals surface area (Å²) in [6.45, 7) is 8.77. The Morgan fingerprint density at radius 1 is 1.45 bits per heavy atom. The van der Waals surface area contributed by atoms with Crippen molar-refractivity contribution in [2.45, 2.75) is 52.5 Å². The van der Waals surface area contributed by atoms with Gasteiger partial charge < -0.3 is 10.4 Å². The second kappa shape index (κ2) is 5.64. The summed E-state index contributed by atoms with van der Waals surface area (Å²) in [4.78, 5) is 23.6. The van der Waals surface area contributed by atoms with E-state index >= 15 is 0 Å². The first kappa shape index (κ1) is 16.2. The summed E-state index contributed by atoms with van der Waals surface area (Å²) in [5.74, 6) is -1.76. The molecule has 6 heteroatoms. The van der Waals surface area contributed by atoms with Gasteiger partial charge in [-0.15, -0.1) is 0 Å². The first-order valence-electron chi connectivity index (χ1n) is 6.69. The Kier molecular flexibility index (Phi) is 4.57. The van der Waals surface area contributed by atoms with Crippen molar-refractivity contribution in [1.29, 1.82) is 0 Å². The molecule has 0 radical (unpaired) electrons. The number of hydrogen-bond donors (Lipinski definition) is 2. The zero-order valence-electron chi connectivity index (χ0n) is 12.9. The average Bonchev–Trinajstić information content (AvgIpc) is 2.62. The number of rotatable bonds is 5. The van der Waals surface area contributed by atoms with E-state index < -0.39 is 17.4 Å². The fourth-order valence-electron chi connectivity index (χ4n) is 2.22. The van der Waals surface area contributed by atoms with Crippen LogP contribution in [0.3, 0.4) is 0 Å². The normalized spacial score (nSPS) is 15.5. The second-order valence-electron chi connectivity index (χ2n) is 5.41. The predicted octanol–water partition coefficient (Wildman–Crippen LogP) is 1.51. The number of carbonyl (C=O) groups is 2. The van der Waals surface area contributed by atoms with Crippen LogP contribution in [0.1, 0.15) is 50.1 Å². The minimum absolute atomic E-state index is 0.295. The number of carboxylic acid groups (broad SMARTS) is 1. The summed E-state index contributed by atoms with van der Waals surface area (Å²) < 4.78 is 1.73. The van der Waals surface area contributed by atoms with Gasteiger partial charge in [0.15, 0.2) is 0 Å². The van der Waals surface area contributed by atoms with Gasteiger partial charge in [0.2, 0.25) is 5.91 Å². The summed E-state index contributed by atoms with van der Waals surface area (Å²) in [5, 5.41) is 16.1. The third kappa shape index (κ3) is 2.84. The third-order valence-corrected chi connectivity index (χ3v) is 3.97. The summed E-state index contributed by atoms with van der Waals surface area (Å²) >= 11 is 0. The third-order valence-electron chi connectivity index (χ3n) is 3.97. The van der Waals surface area contributed by atoms with E-state index in [2.05, 4.69) is 10.4 Å². The van der Waals surface area contributed by atoms with Crippen LogP contribution in [0.15, 0.2) is 0 Å². The average molecular weight is 281 g/mol. The molecular weight excluding hydrogens is 258 g/mol. The zero-order chi connectivity index (χ0) is 15.7.